The number of imidazole rings is 1. The van der Waals surface area contributed by atoms with Crippen molar-refractivity contribution in [3.05, 3.63) is 42.2 Å². The monoisotopic (exact) mass is 212 g/mol. The van der Waals surface area contributed by atoms with Gasteiger partial charge in [0.25, 0.3) is 0 Å². The van der Waals surface area contributed by atoms with Crippen molar-refractivity contribution in [2.75, 3.05) is 0 Å². The highest BCUT2D eigenvalue weighted by Crippen LogP contribution is 2.22. The van der Waals surface area contributed by atoms with Crippen LogP contribution in [0.4, 0.5) is 0 Å². The van der Waals surface area contributed by atoms with Gasteiger partial charge < -0.3 is 10.1 Å². The second-order valence-electron chi connectivity index (χ2n) is 4.01. The van der Waals surface area contributed by atoms with Crippen molar-refractivity contribution in [2.45, 2.75) is 13.0 Å². The smallest absolute Gasteiger partial charge is 0.135 e. The molecule has 0 radical (unpaired) electrons. The molecule has 0 amide bonds. The molecule has 0 fully saturated rings. The number of aliphatic hydroxyl groups excluding tert-OH is 1. The lowest BCUT2D eigenvalue weighted by Crippen LogP contribution is -1.92. The average molecular weight is 212 g/mol. The molecule has 1 heterocycles. The highest BCUT2D eigenvalue weighted by molar-refractivity contribution is 5.95. The first kappa shape index (κ1) is 9.36. The lowest BCUT2D eigenvalue weighted by molar-refractivity contribution is 0.190. The van der Waals surface area contributed by atoms with Crippen LogP contribution in [-0.4, -0.2) is 15.1 Å². The number of nitrogens with zero attached hydrogens (tertiary/aromatic N) is 1. The number of hydrogen-bond acceptors (Lipinski definition) is 2. The second kappa shape index (κ2) is 3.32. The van der Waals surface area contributed by atoms with Gasteiger partial charge in [-0.15, -0.1) is 0 Å². The van der Waals surface area contributed by atoms with Gasteiger partial charge in [0, 0.05) is 0 Å². The van der Waals surface area contributed by atoms with Crippen molar-refractivity contribution < 1.29 is 5.11 Å². The maximum atomic E-state index is 9.47. The summed E-state index contributed by atoms with van der Waals surface area (Å²) in [5.74, 6) is 0.616. The van der Waals surface area contributed by atoms with Crippen molar-refractivity contribution in [2.24, 2.45) is 0 Å². The van der Waals surface area contributed by atoms with E-state index in [2.05, 4.69) is 28.2 Å². The van der Waals surface area contributed by atoms with E-state index in [0.717, 1.165) is 11.0 Å². The Hall–Kier alpha value is -1.87. The van der Waals surface area contributed by atoms with E-state index in [-0.39, 0.29) is 0 Å². The zero-order valence-electron chi connectivity index (χ0n) is 8.94. The Morgan fingerprint density at radius 2 is 1.88 bits per heavy atom. The number of fused-ring (bicyclic) bond motifs is 2. The molecule has 0 spiro atoms. The van der Waals surface area contributed by atoms with Gasteiger partial charge in [-0.05, 0) is 29.8 Å². The number of nitrogens with one attached hydrogen (secondary N) is 1. The first-order valence-corrected chi connectivity index (χ1v) is 5.30. The normalized spacial score (nSPS) is 13.4. The van der Waals surface area contributed by atoms with E-state index in [1.807, 2.05) is 18.2 Å². The Labute approximate surface area is 92.7 Å². The van der Waals surface area contributed by atoms with Crippen molar-refractivity contribution in [1.29, 1.82) is 0 Å². The van der Waals surface area contributed by atoms with Crippen LogP contribution in [0.2, 0.25) is 0 Å². The van der Waals surface area contributed by atoms with Crippen LogP contribution < -0.4 is 0 Å². The third-order valence-electron chi connectivity index (χ3n) is 2.76. The lowest BCUT2D eigenvalue weighted by atomic mass is 10.1. The number of rotatable bonds is 1. The molecule has 0 aliphatic carbocycles. The number of aliphatic hydroxyl groups is 1. The standard InChI is InChI=1S/C13H12N2O/c1-8(16)13-14-11-6-9-4-2-3-5-10(9)7-12(11)15-13/h2-8,16H,1H3,(H,14,15). The molecule has 3 rings (SSSR count). The van der Waals surface area contributed by atoms with E-state index < -0.39 is 6.10 Å². The van der Waals surface area contributed by atoms with Crippen molar-refractivity contribution >= 4 is 21.8 Å². The summed E-state index contributed by atoms with van der Waals surface area (Å²) in [5.41, 5.74) is 1.87. The number of H-pyrrole nitrogens is 1. The van der Waals surface area contributed by atoms with Gasteiger partial charge in [-0.3, -0.25) is 0 Å². The van der Waals surface area contributed by atoms with Crippen molar-refractivity contribution in [3.63, 3.8) is 0 Å². The summed E-state index contributed by atoms with van der Waals surface area (Å²) < 4.78 is 0. The molecule has 0 saturated heterocycles. The summed E-state index contributed by atoms with van der Waals surface area (Å²) in [6.45, 7) is 1.71. The molecule has 3 nitrogen and oxygen atoms in total. The summed E-state index contributed by atoms with van der Waals surface area (Å²) in [6, 6.07) is 12.2. The molecule has 80 valence electrons. The molecule has 2 aromatic carbocycles. The molecule has 3 aromatic rings. The maximum absolute atomic E-state index is 9.47. The molecule has 3 heteroatoms. The van der Waals surface area contributed by atoms with Gasteiger partial charge in [0.2, 0.25) is 0 Å². The fourth-order valence-electron chi connectivity index (χ4n) is 1.91. The van der Waals surface area contributed by atoms with Crippen LogP contribution in [0.3, 0.4) is 0 Å². The molecule has 0 saturated carbocycles. The van der Waals surface area contributed by atoms with Crippen LogP contribution >= 0.6 is 0 Å². The molecule has 0 bridgehead atoms. The Bertz CT molecular complexity index is 603. The van der Waals surface area contributed by atoms with Crippen molar-refractivity contribution in [1.82, 2.24) is 9.97 Å². The SMILES string of the molecule is CC(O)c1nc2cc3ccccc3cc2[nH]1. The average Bonchev–Trinajstić information content (AvgIpc) is 2.68. The second-order valence-corrected chi connectivity index (χ2v) is 4.01. The maximum Gasteiger partial charge on any atom is 0.135 e. The minimum absolute atomic E-state index is 0.560. The van der Waals surface area contributed by atoms with Crippen molar-refractivity contribution in [3.8, 4) is 0 Å². The van der Waals surface area contributed by atoms with Gasteiger partial charge in [-0.1, -0.05) is 24.3 Å². The summed E-state index contributed by atoms with van der Waals surface area (Å²) in [4.78, 5) is 7.48. The van der Waals surface area contributed by atoms with E-state index >= 15 is 0 Å². The molecule has 1 unspecified atom stereocenters. The van der Waals surface area contributed by atoms with E-state index in [1.165, 1.54) is 10.8 Å². The summed E-state index contributed by atoms with van der Waals surface area (Å²) >= 11 is 0. The van der Waals surface area contributed by atoms with E-state index in [4.69, 9.17) is 0 Å². The van der Waals surface area contributed by atoms with Gasteiger partial charge in [0.05, 0.1) is 11.0 Å². The Morgan fingerprint density at radius 1 is 1.19 bits per heavy atom. The third-order valence-corrected chi connectivity index (χ3v) is 2.76. The Morgan fingerprint density at radius 3 is 2.56 bits per heavy atom. The zero-order chi connectivity index (χ0) is 11.1. The van der Waals surface area contributed by atoms with Gasteiger partial charge in [-0.2, -0.15) is 0 Å². The molecular formula is C13H12N2O. The van der Waals surface area contributed by atoms with Crippen LogP contribution in [0.15, 0.2) is 36.4 Å². The molecule has 2 N–H and O–H groups in total. The molecule has 1 aromatic heterocycles. The van der Waals surface area contributed by atoms with E-state index in [9.17, 15) is 5.11 Å². The minimum atomic E-state index is -0.560. The molecule has 0 aliphatic heterocycles. The molecular weight excluding hydrogens is 200 g/mol. The molecule has 0 aliphatic rings. The van der Waals surface area contributed by atoms with E-state index in [0.29, 0.717) is 5.82 Å². The predicted octanol–water partition coefficient (Wildman–Crippen LogP) is 2.77. The van der Waals surface area contributed by atoms with Crippen LogP contribution in [0.25, 0.3) is 21.8 Å². The van der Waals surface area contributed by atoms with Crippen LogP contribution in [0, 0.1) is 0 Å². The fraction of sp³-hybridized carbons (Fsp3) is 0.154. The summed E-state index contributed by atoms with van der Waals surface area (Å²) in [5, 5.41) is 11.8. The van der Waals surface area contributed by atoms with Gasteiger partial charge in [0.15, 0.2) is 0 Å². The number of aromatic nitrogens is 2. The predicted molar refractivity (Wildman–Crippen MR) is 64.2 cm³/mol. The quantitative estimate of drug-likeness (QED) is 0.651. The lowest BCUT2D eigenvalue weighted by Gasteiger charge is -1.96. The first-order chi connectivity index (χ1) is 7.74. The highest BCUT2D eigenvalue weighted by Gasteiger charge is 2.07. The number of hydrogen-bond donors (Lipinski definition) is 2. The third kappa shape index (κ3) is 1.37. The minimum Gasteiger partial charge on any atom is -0.385 e. The van der Waals surface area contributed by atoms with Crippen LogP contribution in [0.5, 0.6) is 0 Å². The first-order valence-electron chi connectivity index (χ1n) is 5.30. The number of benzene rings is 2. The van der Waals surface area contributed by atoms with Crippen LogP contribution in [-0.2, 0) is 0 Å². The Kier molecular flexibility index (Phi) is 1.94. The molecule has 16 heavy (non-hydrogen) atoms. The van der Waals surface area contributed by atoms with Gasteiger partial charge in [0.1, 0.15) is 11.9 Å². The highest BCUT2D eigenvalue weighted by atomic mass is 16.3. The van der Waals surface area contributed by atoms with E-state index in [1.54, 1.807) is 6.92 Å². The topological polar surface area (TPSA) is 48.9 Å². The zero-order valence-corrected chi connectivity index (χ0v) is 8.94. The largest absolute Gasteiger partial charge is 0.385 e. The molecule has 1 atom stereocenters. The summed E-state index contributed by atoms with van der Waals surface area (Å²) in [6.07, 6.45) is -0.560. The van der Waals surface area contributed by atoms with Gasteiger partial charge in [-0.25, -0.2) is 4.98 Å². The summed E-state index contributed by atoms with van der Waals surface area (Å²) in [7, 11) is 0. The fourth-order valence-corrected chi connectivity index (χ4v) is 1.91. The Balaban J connectivity index is 2.34. The number of aromatic amines is 1. The van der Waals surface area contributed by atoms with Crippen LogP contribution in [0.1, 0.15) is 18.9 Å². The van der Waals surface area contributed by atoms with Gasteiger partial charge >= 0.3 is 0 Å².